The van der Waals surface area contributed by atoms with Crippen molar-refractivity contribution in [3.63, 3.8) is 0 Å². The molecule has 110 valence electrons. The van der Waals surface area contributed by atoms with Crippen molar-refractivity contribution >= 4 is 0 Å². The fraction of sp³-hybridized carbons (Fsp3) is 0.579. The first-order valence-electron chi connectivity index (χ1n) is 8.41. The summed E-state index contributed by atoms with van der Waals surface area (Å²) in [4.78, 5) is 0. The summed E-state index contributed by atoms with van der Waals surface area (Å²) in [6.07, 6.45) is 27.6. The Morgan fingerprint density at radius 1 is 0.800 bits per heavy atom. The minimum atomic E-state index is 0.939. The first-order chi connectivity index (χ1) is 9.95. The SMILES string of the molecule is C1=C\C=C/C(NCCC2CCCCCCCC2)=C\C=C/1. The van der Waals surface area contributed by atoms with Crippen molar-refractivity contribution in [1.82, 2.24) is 5.32 Å². The Kier molecular flexibility index (Phi) is 7.30. The van der Waals surface area contributed by atoms with E-state index in [0.717, 1.165) is 12.5 Å². The third-order valence-corrected chi connectivity index (χ3v) is 4.35. The number of hydrogen-bond donors (Lipinski definition) is 1. The molecule has 0 aromatic rings. The Morgan fingerprint density at radius 2 is 1.45 bits per heavy atom. The van der Waals surface area contributed by atoms with E-state index in [4.69, 9.17) is 0 Å². The highest BCUT2D eigenvalue weighted by Gasteiger charge is 2.10. The van der Waals surface area contributed by atoms with E-state index in [-0.39, 0.29) is 0 Å². The van der Waals surface area contributed by atoms with Crippen molar-refractivity contribution in [2.24, 2.45) is 5.92 Å². The van der Waals surface area contributed by atoms with Crippen LogP contribution in [0.4, 0.5) is 0 Å². The molecule has 1 saturated carbocycles. The quantitative estimate of drug-likeness (QED) is 0.733. The second-order valence-corrected chi connectivity index (χ2v) is 6.03. The Bertz CT molecular complexity index is 363. The summed E-state index contributed by atoms with van der Waals surface area (Å²) in [5.41, 5.74) is 1.23. The summed E-state index contributed by atoms with van der Waals surface area (Å²) in [7, 11) is 0. The van der Waals surface area contributed by atoms with Gasteiger partial charge in [-0.15, -0.1) is 0 Å². The van der Waals surface area contributed by atoms with Gasteiger partial charge in [0.2, 0.25) is 0 Å². The summed E-state index contributed by atoms with van der Waals surface area (Å²) >= 11 is 0. The fourth-order valence-corrected chi connectivity index (χ4v) is 3.11. The van der Waals surface area contributed by atoms with Crippen LogP contribution in [0.1, 0.15) is 57.8 Å². The van der Waals surface area contributed by atoms with Crippen molar-refractivity contribution in [3.05, 3.63) is 48.2 Å². The van der Waals surface area contributed by atoms with E-state index in [1.807, 2.05) is 0 Å². The lowest BCUT2D eigenvalue weighted by Gasteiger charge is -2.17. The average Bonchev–Trinajstić information content (AvgIpc) is 2.55. The van der Waals surface area contributed by atoms with Crippen LogP contribution in [0.2, 0.25) is 0 Å². The highest BCUT2D eigenvalue weighted by atomic mass is 14.9. The molecule has 2 rings (SSSR count). The molecule has 2 aliphatic carbocycles. The third kappa shape index (κ3) is 6.27. The molecule has 20 heavy (non-hydrogen) atoms. The fourth-order valence-electron chi connectivity index (χ4n) is 3.11. The molecule has 1 N–H and O–H groups in total. The van der Waals surface area contributed by atoms with E-state index in [1.165, 1.54) is 63.5 Å². The van der Waals surface area contributed by atoms with E-state index < -0.39 is 0 Å². The molecule has 0 heterocycles. The zero-order valence-electron chi connectivity index (χ0n) is 12.7. The minimum Gasteiger partial charge on any atom is -0.385 e. The lowest BCUT2D eigenvalue weighted by atomic mass is 9.93. The molecule has 0 amide bonds. The standard InChI is InChI=1S/C19H29N/c1-2-5-9-13-18(12-8-4-1)16-17-20-19-14-10-6-3-7-11-15-19/h3,6-7,10-11,14-15,18,20H,1-2,4-5,8-9,12-13,16-17H2/b6-3-,7-3?,10-6?,11-7-,14-10-,15-11?,19-14?,19-15+. The topological polar surface area (TPSA) is 12.0 Å². The predicted octanol–water partition coefficient (Wildman–Crippen LogP) is 5.28. The molecule has 0 bridgehead atoms. The predicted molar refractivity (Wildman–Crippen MR) is 88.5 cm³/mol. The van der Waals surface area contributed by atoms with Gasteiger partial charge in [-0.25, -0.2) is 0 Å². The van der Waals surface area contributed by atoms with Crippen LogP contribution < -0.4 is 5.32 Å². The summed E-state index contributed by atoms with van der Waals surface area (Å²) < 4.78 is 0. The third-order valence-electron chi connectivity index (χ3n) is 4.35. The molecule has 0 aromatic heterocycles. The van der Waals surface area contributed by atoms with Gasteiger partial charge < -0.3 is 5.32 Å². The maximum atomic E-state index is 3.58. The van der Waals surface area contributed by atoms with Gasteiger partial charge in [-0.3, -0.25) is 0 Å². The lowest BCUT2D eigenvalue weighted by molar-refractivity contribution is 0.397. The van der Waals surface area contributed by atoms with Crippen molar-refractivity contribution in [3.8, 4) is 0 Å². The zero-order chi connectivity index (χ0) is 13.9. The number of nitrogens with one attached hydrogen (secondary N) is 1. The van der Waals surface area contributed by atoms with Crippen molar-refractivity contribution in [1.29, 1.82) is 0 Å². The Morgan fingerprint density at radius 3 is 2.25 bits per heavy atom. The van der Waals surface area contributed by atoms with Crippen LogP contribution in [0, 0.1) is 5.92 Å². The van der Waals surface area contributed by atoms with E-state index >= 15 is 0 Å². The van der Waals surface area contributed by atoms with E-state index in [9.17, 15) is 0 Å². The molecular formula is C19H29N. The van der Waals surface area contributed by atoms with Crippen LogP contribution >= 0.6 is 0 Å². The smallest absolute Gasteiger partial charge is 0.0340 e. The molecule has 1 nitrogen and oxygen atoms in total. The van der Waals surface area contributed by atoms with Crippen molar-refractivity contribution < 1.29 is 0 Å². The van der Waals surface area contributed by atoms with Crippen LogP contribution in [0.3, 0.4) is 0 Å². The van der Waals surface area contributed by atoms with Crippen LogP contribution in [0.5, 0.6) is 0 Å². The van der Waals surface area contributed by atoms with Gasteiger partial charge in [-0.2, -0.15) is 0 Å². The zero-order valence-corrected chi connectivity index (χ0v) is 12.7. The highest BCUT2D eigenvalue weighted by Crippen LogP contribution is 2.23. The molecule has 1 fully saturated rings. The highest BCUT2D eigenvalue weighted by molar-refractivity contribution is 5.29. The molecule has 0 saturated heterocycles. The van der Waals surface area contributed by atoms with Crippen LogP contribution in [0.25, 0.3) is 0 Å². The van der Waals surface area contributed by atoms with Crippen LogP contribution in [0.15, 0.2) is 48.2 Å². The Balaban J connectivity index is 1.70. The summed E-state index contributed by atoms with van der Waals surface area (Å²) in [6, 6.07) is 0. The number of allylic oxidation sites excluding steroid dienone is 7. The van der Waals surface area contributed by atoms with Gasteiger partial charge in [0.1, 0.15) is 0 Å². The summed E-state index contributed by atoms with van der Waals surface area (Å²) in [5.74, 6) is 0.939. The summed E-state index contributed by atoms with van der Waals surface area (Å²) in [5, 5.41) is 3.58. The maximum Gasteiger partial charge on any atom is 0.0340 e. The normalized spacial score (nSPS) is 28.7. The van der Waals surface area contributed by atoms with Gasteiger partial charge in [0.25, 0.3) is 0 Å². The van der Waals surface area contributed by atoms with E-state index in [2.05, 4.69) is 47.8 Å². The molecule has 0 spiro atoms. The first-order valence-corrected chi connectivity index (χ1v) is 8.41. The Hall–Kier alpha value is -1.24. The van der Waals surface area contributed by atoms with Gasteiger partial charge >= 0.3 is 0 Å². The van der Waals surface area contributed by atoms with Crippen LogP contribution in [-0.4, -0.2) is 6.54 Å². The monoisotopic (exact) mass is 271 g/mol. The number of rotatable bonds is 4. The molecular weight excluding hydrogens is 242 g/mol. The maximum absolute atomic E-state index is 3.58. The molecule has 0 unspecified atom stereocenters. The van der Waals surface area contributed by atoms with E-state index in [0.29, 0.717) is 0 Å². The van der Waals surface area contributed by atoms with Gasteiger partial charge in [-0.1, -0.05) is 81.7 Å². The molecule has 0 aliphatic heterocycles. The van der Waals surface area contributed by atoms with Crippen molar-refractivity contribution in [2.75, 3.05) is 6.54 Å². The average molecular weight is 271 g/mol. The molecule has 1 heteroatoms. The largest absolute Gasteiger partial charge is 0.385 e. The second kappa shape index (κ2) is 9.63. The molecule has 0 aromatic carbocycles. The van der Waals surface area contributed by atoms with E-state index in [1.54, 1.807) is 0 Å². The summed E-state index contributed by atoms with van der Waals surface area (Å²) in [6.45, 7) is 1.11. The first kappa shape index (κ1) is 15.2. The number of hydrogen-bond acceptors (Lipinski definition) is 1. The van der Waals surface area contributed by atoms with Gasteiger partial charge in [0.15, 0.2) is 0 Å². The molecule has 0 radical (unpaired) electrons. The Labute approximate surface area is 124 Å². The molecule has 2 aliphatic rings. The van der Waals surface area contributed by atoms with Gasteiger partial charge in [-0.05, 0) is 24.5 Å². The lowest BCUT2D eigenvalue weighted by Crippen LogP contribution is -2.17. The van der Waals surface area contributed by atoms with Gasteiger partial charge in [0, 0.05) is 12.2 Å². The second-order valence-electron chi connectivity index (χ2n) is 6.03. The molecule has 0 atom stereocenters. The minimum absolute atomic E-state index is 0.939. The van der Waals surface area contributed by atoms with Gasteiger partial charge in [0.05, 0.1) is 0 Å². The van der Waals surface area contributed by atoms with Crippen LogP contribution in [-0.2, 0) is 0 Å². The van der Waals surface area contributed by atoms with Crippen molar-refractivity contribution in [2.45, 2.75) is 57.8 Å².